The first-order chi connectivity index (χ1) is 13.9. The zero-order valence-corrected chi connectivity index (χ0v) is 18.1. The van der Waals surface area contributed by atoms with Gasteiger partial charge in [0.25, 0.3) is 5.91 Å². The van der Waals surface area contributed by atoms with Crippen molar-refractivity contribution in [3.63, 3.8) is 0 Å². The lowest BCUT2D eigenvalue weighted by Gasteiger charge is -2.51. The summed E-state index contributed by atoms with van der Waals surface area (Å²) in [6.07, 6.45) is 1.80. The second kappa shape index (κ2) is 9.26. The molecule has 160 valence electrons. The molecular weight excluding hydrogens is 366 g/mol. The minimum atomic E-state index is -0.478. The van der Waals surface area contributed by atoms with Crippen molar-refractivity contribution >= 4 is 11.8 Å². The predicted molar refractivity (Wildman–Crippen MR) is 114 cm³/mol. The molecule has 6 nitrogen and oxygen atoms in total. The van der Waals surface area contributed by atoms with Crippen molar-refractivity contribution in [3.8, 4) is 0 Å². The summed E-state index contributed by atoms with van der Waals surface area (Å²) in [6.45, 7) is 10.6. The number of carbonyl (C=O) groups excluding carboxylic acids is 2. The zero-order chi connectivity index (χ0) is 21.0. The number of benzene rings is 1. The number of aliphatic hydroxyl groups excluding tert-OH is 1. The average Bonchev–Trinajstić information content (AvgIpc) is 2.74. The maximum absolute atomic E-state index is 13.0. The van der Waals surface area contributed by atoms with Crippen LogP contribution in [0.15, 0.2) is 24.3 Å². The summed E-state index contributed by atoms with van der Waals surface area (Å²) in [5, 5.41) is 10.9. The van der Waals surface area contributed by atoms with Gasteiger partial charge < -0.3 is 14.9 Å². The van der Waals surface area contributed by atoms with E-state index in [1.54, 1.807) is 0 Å². The third kappa shape index (κ3) is 4.81. The van der Waals surface area contributed by atoms with Gasteiger partial charge in [0.1, 0.15) is 0 Å². The van der Waals surface area contributed by atoms with Crippen LogP contribution in [0.2, 0.25) is 0 Å². The Morgan fingerprint density at radius 3 is 2.41 bits per heavy atom. The normalized spacial score (nSPS) is 24.9. The van der Waals surface area contributed by atoms with E-state index in [4.69, 9.17) is 0 Å². The fraction of sp³-hybridized carbons (Fsp3) is 0.652. The largest absolute Gasteiger partial charge is 0.392 e. The van der Waals surface area contributed by atoms with Gasteiger partial charge in [-0.05, 0) is 51.4 Å². The number of aliphatic hydroxyl groups is 1. The molecule has 1 N–H and O–H groups in total. The van der Waals surface area contributed by atoms with E-state index in [-0.39, 0.29) is 11.8 Å². The van der Waals surface area contributed by atoms with Crippen molar-refractivity contribution in [3.05, 3.63) is 35.4 Å². The quantitative estimate of drug-likeness (QED) is 0.821. The molecule has 2 fully saturated rings. The summed E-state index contributed by atoms with van der Waals surface area (Å²) >= 11 is 0. The number of hydrogen-bond acceptors (Lipinski definition) is 4. The molecule has 1 unspecified atom stereocenters. The van der Waals surface area contributed by atoms with Crippen LogP contribution in [0.4, 0.5) is 0 Å². The zero-order valence-electron chi connectivity index (χ0n) is 18.1. The number of carbonyl (C=O) groups is 2. The first kappa shape index (κ1) is 21.8. The van der Waals surface area contributed by atoms with Crippen LogP contribution in [0.1, 0.15) is 49.0 Å². The lowest BCUT2D eigenvalue weighted by atomic mass is 9.71. The molecule has 1 aromatic carbocycles. The van der Waals surface area contributed by atoms with Crippen LogP contribution in [-0.2, 0) is 4.79 Å². The number of rotatable bonds is 5. The molecule has 2 heterocycles. The molecule has 2 amide bonds. The number of hydrogen-bond donors (Lipinski definition) is 1. The minimum absolute atomic E-state index is 0.0165. The molecule has 1 aromatic rings. The van der Waals surface area contributed by atoms with Crippen LogP contribution in [-0.4, -0.2) is 83.5 Å². The standard InChI is InChI=1S/C23H35N3O3/c1-4-24(5-2)15-21(28)25-13-6-12-23(16-25)17-26(14-11-20(23)27)22(29)19-9-7-18(3)8-10-19/h7-10,20,27H,4-6,11-17H2,1-3H3/t20?,23-/m0/s1. The van der Waals surface area contributed by atoms with Crippen LogP contribution in [0.25, 0.3) is 0 Å². The van der Waals surface area contributed by atoms with Gasteiger partial charge in [-0.2, -0.15) is 0 Å². The first-order valence-corrected chi connectivity index (χ1v) is 10.9. The van der Waals surface area contributed by atoms with E-state index in [2.05, 4.69) is 18.7 Å². The topological polar surface area (TPSA) is 64.1 Å². The van der Waals surface area contributed by atoms with E-state index in [9.17, 15) is 14.7 Å². The molecule has 0 bridgehead atoms. The van der Waals surface area contributed by atoms with Crippen LogP contribution in [0.3, 0.4) is 0 Å². The van der Waals surface area contributed by atoms with E-state index >= 15 is 0 Å². The third-order valence-electron chi connectivity index (χ3n) is 6.69. The summed E-state index contributed by atoms with van der Waals surface area (Å²) in [5.74, 6) is 0.143. The van der Waals surface area contributed by atoms with Crippen LogP contribution in [0, 0.1) is 12.3 Å². The Labute approximate surface area is 174 Å². The van der Waals surface area contributed by atoms with Crippen molar-refractivity contribution < 1.29 is 14.7 Å². The highest BCUT2D eigenvalue weighted by Gasteiger charge is 2.47. The molecular formula is C23H35N3O3. The number of amides is 2. The molecule has 0 radical (unpaired) electrons. The lowest BCUT2D eigenvalue weighted by molar-refractivity contribution is -0.141. The van der Waals surface area contributed by atoms with Crippen LogP contribution >= 0.6 is 0 Å². The highest BCUT2D eigenvalue weighted by Crippen LogP contribution is 2.39. The van der Waals surface area contributed by atoms with Crippen LogP contribution < -0.4 is 0 Å². The van der Waals surface area contributed by atoms with Gasteiger partial charge in [-0.15, -0.1) is 0 Å². The Kier molecular flexibility index (Phi) is 6.96. The van der Waals surface area contributed by atoms with Gasteiger partial charge in [-0.3, -0.25) is 14.5 Å². The monoisotopic (exact) mass is 401 g/mol. The van der Waals surface area contributed by atoms with Crippen LogP contribution in [0.5, 0.6) is 0 Å². The molecule has 2 aliphatic rings. The SMILES string of the molecule is CCN(CC)CC(=O)N1CCC[C@]2(C1)CN(C(=O)c1ccc(C)cc1)CCC2O. The van der Waals surface area contributed by atoms with Gasteiger partial charge in [0.2, 0.25) is 5.91 Å². The van der Waals surface area contributed by atoms with Crippen molar-refractivity contribution in [2.75, 3.05) is 45.8 Å². The molecule has 3 rings (SSSR count). The Balaban J connectivity index is 1.72. The lowest BCUT2D eigenvalue weighted by Crippen LogP contribution is -2.61. The van der Waals surface area contributed by atoms with Crippen molar-refractivity contribution in [2.24, 2.45) is 5.41 Å². The van der Waals surface area contributed by atoms with Gasteiger partial charge in [-0.1, -0.05) is 31.5 Å². The molecule has 2 saturated heterocycles. The fourth-order valence-corrected chi connectivity index (χ4v) is 4.71. The number of likely N-dealkylation sites (N-methyl/N-ethyl adjacent to an activating group) is 1. The second-order valence-electron chi connectivity index (χ2n) is 8.64. The molecule has 2 aliphatic heterocycles. The minimum Gasteiger partial charge on any atom is -0.392 e. The molecule has 0 aromatic heterocycles. The smallest absolute Gasteiger partial charge is 0.253 e. The number of piperidine rings is 2. The van der Waals surface area contributed by atoms with Gasteiger partial charge in [0, 0.05) is 37.2 Å². The average molecular weight is 402 g/mol. The summed E-state index contributed by atoms with van der Waals surface area (Å²) in [5.41, 5.74) is 1.39. The number of likely N-dealkylation sites (tertiary alicyclic amines) is 2. The number of aryl methyl sites for hydroxylation is 1. The third-order valence-corrected chi connectivity index (χ3v) is 6.69. The molecule has 0 aliphatic carbocycles. The maximum atomic E-state index is 13.0. The molecule has 2 atom stereocenters. The van der Waals surface area contributed by atoms with E-state index in [1.807, 2.05) is 41.0 Å². The summed E-state index contributed by atoms with van der Waals surface area (Å²) in [7, 11) is 0. The van der Waals surface area contributed by atoms with Gasteiger partial charge in [-0.25, -0.2) is 0 Å². The van der Waals surface area contributed by atoms with E-state index in [1.165, 1.54) is 0 Å². The molecule has 29 heavy (non-hydrogen) atoms. The Morgan fingerprint density at radius 1 is 1.10 bits per heavy atom. The molecule has 1 spiro atoms. The van der Waals surface area contributed by atoms with Crippen molar-refractivity contribution in [1.29, 1.82) is 0 Å². The summed E-state index contributed by atoms with van der Waals surface area (Å²) in [4.78, 5) is 31.8. The van der Waals surface area contributed by atoms with Crippen molar-refractivity contribution in [1.82, 2.24) is 14.7 Å². The van der Waals surface area contributed by atoms with Gasteiger partial charge in [0.15, 0.2) is 0 Å². The van der Waals surface area contributed by atoms with E-state index in [0.29, 0.717) is 38.2 Å². The summed E-state index contributed by atoms with van der Waals surface area (Å²) in [6, 6.07) is 7.65. The second-order valence-corrected chi connectivity index (χ2v) is 8.64. The van der Waals surface area contributed by atoms with Gasteiger partial charge >= 0.3 is 0 Å². The summed E-state index contributed by atoms with van der Waals surface area (Å²) < 4.78 is 0. The maximum Gasteiger partial charge on any atom is 0.253 e. The van der Waals surface area contributed by atoms with Gasteiger partial charge in [0.05, 0.1) is 12.6 Å². The molecule has 0 saturated carbocycles. The Bertz CT molecular complexity index is 717. The van der Waals surface area contributed by atoms with E-state index in [0.717, 1.165) is 38.0 Å². The highest BCUT2D eigenvalue weighted by molar-refractivity contribution is 5.94. The fourth-order valence-electron chi connectivity index (χ4n) is 4.71. The first-order valence-electron chi connectivity index (χ1n) is 10.9. The van der Waals surface area contributed by atoms with Crippen molar-refractivity contribution in [2.45, 2.75) is 46.1 Å². The Hall–Kier alpha value is -1.92. The van der Waals surface area contributed by atoms with E-state index < -0.39 is 11.5 Å². The Morgan fingerprint density at radius 2 is 1.76 bits per heavy atom. The molecule has 6 heteroatoms. The predicted octanol–water partition coefficient (Wildman–Crippen LogP) is 2.15. The number of nitrogens with zero attached hydrogens (tertiary/aromatic N) is 3. The highest BCUT2D eigenvalue weighted by atomic mass is 16.3.